The number of ether oxygens (including phenoxy) is 1. The van der Waals surface area contributed by atoms with Gasteiger partial charge in [0.1, 0.15) is 0 Å². The summed E-state index contributed by atoms with van der Waals surface area (Å²) in [7, 11) is -3.62. The molecule has 1 N–H and O–H groups in total. The number of rotatable bonds is 9. The van der Waals surface area contributed by atoms with Gasteiger partial charge in [0.2, 0.25) is 15.9 Å². The van der Waals surface area contributed by atoms with Crippen molar-refractivity contribution in [3.63, 3.8) is 0 Å². The van der Waals surface area contributed by atoms with Gasteiger partial charge in [0.25, 0.3) is 0 Å². The molecule has 1 aliphatic heterocycles. The van der Waals surface area contributed by atoms with Crippen LogP contribution in [0.4, 0.5) is 0 Å². The monoisotopic (exact) mass is 436 g/mol. The van der Waals surface area contributed by atoms with Crippen LogP contribution in [0.2, 0.25) is 10.0 Å². The minimum atomic E-state index is -3.62. The standard InChI is InChI=1S/C18H26Cl2N2O4S/c1-2-26-11-5-9-21-18(23)14-6-4-10-22(12-14)27(24,25)13-15-16(19)7-3-8-17(15)20/h3,7-8,14H,2,4-6,9-13H2,1H3,(H,21,23). The normalized spacial score (nSPS) is 18.4. The van der Waals surface area contributed by atoms with E-state index >= 15 is 0 Å². The first-order valence-corrected chi connectivity index (χ1v) is 11.5. The van der Waals surface area contributed by atoms with E-state index in [1.54, 1.807) is 18.2 Å². The summed E-state index contributed by atoms with van der Waals surface area (Å²) >= 11 is 12.2. The number of piperidine rings is 1. The largest absolute Gasteiger partial charge is 0.382 e. The van der Waals surface area contributed by atoms with E-state index in [0.717, 1.165) is 6.42 Å². The highest BCUT2D eigenvalue weighted by Gasteiger charge is 2.33. The fourth-order valence-electron chi connectivity index (χ4n) is 3.03. The predicted octanol–water partition coefficient (Wildman–Crippen LogP) is 3.08. The molecule has 27 heavy (non-hydrogen) atoms. The van der Waals surface area contributed by atoms with E-state index < -0.39 is 10.0 Å². The van der Waals surface area contributed by atoms with Crippen LogP contribution >= 0.6 is 23.2 Å². The van der Waals surface area contributed by atoms with Crippen molar-refractivity contribution in [3.05, 3.63) is 33.8 Å². The van der Waals surface area contributed by atoms with E-state index in [-0.39, 0.29) is 24.1 Å². The highest BCUT2D eigenvalue weighted by Crippen LogP contribution is 2.28. The molecule has 0 saturated carbocycles. The van der Waals surface area contributed by atoms with Crippen LogP contribution in [0.1, 0.15) is 31.7 Å². The summed E-state index contributed by atoms with van der Waals surface area (Å²) in [6.45, 7) is 4.28. The lowest BCUT2D eigenvalue weighted by molar-refractivity contribution is -0.126. The Morgan fingerprint density at radius 3 is 2.70 bits per heavy atom. The van der Waals surface area contributed by atoms with Crippen LogP contribution in [0, 0.1) is 5.92 Å². The van der Waals surface area contributed by atoms with Gasteiger partial charge in [-0.05, 0) is 38.3 Å². The van der Waals surface area contributed by atoms with Crippen LogP contribution in [-0.2, 0) is 25.3 Å². The minimum absolute atomic E-state index is 0.109. The van der Waals surface area contributed by atoms with Crippen molar-refractivity contribution >= 4 is 39.1 Å². The van der Waals surface area contributed by atoms with Crippen molar-refractivity contribution in [2.24, 2.45) is 5.92 Å². The number of nitrogens with one attached hydrogen (secondary N) is 1. The quantitative estimate of drug-likeness (QED) is 0.603. The second-order valence-electron chi connectivity index (χ2n) is 6.50. The molecule has 1 aromatic carbocycles. The zero-order valence-corrected chi connectivity index (χ0v) is 17.7. The van der Waals surface area contributed by atoms with E-state index in [9.17, 15) is 13.2 Å². The maximum atomic E-state index is 12.8. The fraction of sp³-hybridized carbons (Fsp3) is 0.611. The molecule has 1 unspecified atom stereocenters. The van der Waals surface area contributed by atoms with Crippen molar-refractivity contribution < 1.29 is 17.9 Å². The van der Waals surface area contributed by atoms with Gasteiger partial charge in [-0.25, -0.2) is 12.7 Å². The van der Waals surface area contributed by atoms with Gasteiger partial charge in [-0.1, -0.05) is 29.3 Å². The maximum absolute atomic E-state index is 12.8. The summed E-state index contributed by atoms with van der Waals surface area (Å²) in [5.74, 6) is -0.724. The molecule has 0 aliphatic carbocycles. The smallest absolute Gasteiger partial charge is 0.224 e. The third-order valence-electron chi connectivity index (χ3n) is 4.51. The van der Waals surface area contributed by atoms with Gasteiger partial charge in [-0.15, -0.1) is 0 Å². The first-order valence-electron chi connectivity index (χ1n) is 9.11. The highest BCUT2D eigenvalue weighted by molar-refractivity contribution is 7.88. The summed E-state index contributed by atoms with van der Waals surface area (Å²) in [6.07, 6.45) is 2.06. The average Bonchev–Trinajstić information content (AvgIpc) is 2.64. The molecule has 0 spiro atoms. The lowest BCUT2D eigenvalue weighted by Gasteiger charge is -2.31. The van der Waals surface area contributed by atoms with Crippen molar-refractivity contribution in [2.45, 2.75) is 31.9 Å². The highest BCUT2D eigenvalue weighted by atomic mass is 35.5. The first-order chi connectivity index (χ1) is 12.8. The molecule has 0 bridgehead atoms. The SMILES string of the molecule is CCOCCCNC(=O)C1CCCN(S(=O)(=O)Cc2c(Cl)cccc2Cl)C1. The molecular weight excluding hydrogens is 411 g/mol. The van der Waals surface area contributed by atoms with Crippen molar-refractivity contribution in [2.75, 3.05) is 32.8 Å². The number of hydrogen-bond donors (Lipinski definition) is 1. The van der Waals surface area contributed by atoms with Crippen LogP contribution in [0.15, 0.2) is 18.2 Å². The molecule has 1 fully saturated rings. The Balaban J connectivity index is 1.95. The molecule has 1 atom stereocenters. The Kier molecular flexibility index (Phi) is 8.82. The van der Waals surface area contributed by atoms with Crippen molar-refractivity contribution in [1.82, 2.24) is 9.62 Å². The van der Waals surface area contributed by atoms with Gasteiger partial charge >= 0.3 is 0 Å². The Hall–Kier alpha value is -0.860. The summed E-state index contributed by atoms with van der Waals surface area (Å²) in [4.78, 5) is 12.4. The number of carbonyl (C=O) groups excluding carboxylic acids is 1. The van der Waals surface area contributed by atoms with Gasteiger partial charge in [0.05, 0.1) is 11.7 Å². The number of benzene rings is 1. The Morgan fingerprint density at radius 2 is 2.04 bits per heavy atom. The van der Waals surface area contributed by atoms with Crippen LogP contribution in [0.5, 0.6) is 0 Å². The molecule has 152 valence electrons. The zero-order chi connectivity index (χ0) is 19.9. The molecular formula is C18H26Cl2N2O4S. The number of halogens is 2. The summed E-state index contributed by atoms with van der Waals surface area (Å²) in [6, 6.07) is 4.91. The second-order valence-corrected chi connectivity index (χ2v) is 9.28. The lowest BCUT2D eigenvalue weighted by atomic mass is 9.99. The fourth-order valence-corrected chi connectivity index (χ4v) is 5.39. The molecule has 1 aromatic rings. The minimum Gasteiger partial charge on any atom is -0.382 e. The van der Waals surface area contributed by atoms with Crippen LogP contribution < -0.4 is 5.32 Å². The number of nitrogens with zero attached hydrogens (tertiary/aromatic N) is 1. The van der Waals surface area contributed by atoms with E-state index in [2.05, 4.69) is 5.32 Å². The van der Waals surface area contributed by atoms with Crippen molar-refractivity contribution in [1.29, 1.82) is 0 Å². The van der Waals surface area contributed by atoms with E-state index in [4.69, 9.17) is 27.9 Å². The topological polar surface area (TPSA) is 75.7 Å². The number of sulfonamides is 1. The molecule has 1 heterocycles. The molecule has 1 aliphatic rings. The predicted molar refractivity (Wildman–Crippen MR) is 108 cm³/mol. The lowest BCUT2D eigenvalue weighted by Crippen LogP contribution is -2.46. The van der Waals surface area contributed by atoms with Gasteiger partial charge in [-0.2, -0.15) is 0 Å². The molecule has 6 nitrogen and oxygen atoms in total. The summed E-state index contributed by atoms with van der Waals surface area (Å²) in [5.41, 5.74) is 0.392. The molecule has 1 amide bonds. The maximum Gasteiger partial charge on any atom is 0.224 e. The summed E-state index contributed by atoms with van der Waals surface area (Å²) < 4.78 is 32.3. The molecule has 9 heteroatoms. The molecule has 0 aromatic heterocycles. The van der Waals surface area contributed by atoms with Gasteiger partial charge in [0.15, 0.2) is 0 Å². The Morgan fingerprint density at radius 1 is 1.33 bits per heavy atom. The van der Waals surface area contributed by atoms with Crippen LogP contribution in [-0.4, -0.2) is 51.5 Å². The summed E-state index contributed by atoms with van der Waals surface area (Å²) in [5, 5.41) is 3.52. The second kappa shape index (κ2) is 10.6. The molecule has 2 rings (SSSR count). The third kappa shape index (κ3) is 6.61. The Bertz CT molecular complexity index is 723. The molecule has 0 radical (unpaired) electrons. The number of carbonyl (C=O) groups is 1. The third-order valence-corrected chi connectivity index (χ3v) is 6.99. The average molecular weight is 437 g/mol. The van der Waals surface area contributed by atoms with Crippen LogP contribution in [0.3, 0.4) is 0 Å². The van der Waals surface area contributed by atoms with Gasteiger partial charge in [0, 0.05) is 48.5 Å². The van der Waals surface area contributed by atoms with Crippen LogP contribution in [0.25, 0.3) is 0 Å². The zero-order valence-electron chi connectivity index (χ0n) is 15.4. The van der Waals surface area contributed by atoms with Gasteiger partial charge in [-0.3, -0.25) is 4.79 Å². The van der Waals surface area contributed by atoms with E-state index in [1.165, 1.54) is 4.31 Å². The van der Waals surface area contributed by atoms with E-state index in [0.29, 0.717) is 54.8 Å². The number of amides is 1. The Labute approximate surface area is 171 Å². The first kappa shape index (κ1) is 22.4. The molecule has 1 saturated heterocycles. The van der Waals surface area contributed by atoms with Gasteiger partial charge < -0.3 is 10.1 Å². The van der Waals surface area contributed by atoms with E-state index in [1.807, 2.05) is 6.92 Å². The van der Waals surface area contributed by atoms with Crippen molar-refractivity contribution in [3.8, 4) is 0 Å². The number of hydrogen-bond acceptors (Lipinski definition) is 4.